The molecule has 1 amide bonds. The molecule has 1 rings (SSSR count). The van der Waals surface area contributed by atoms with Gasteiger partial charge in [0.2, 0.25) is 0 Å². The number of nitrogens with zero attached hydrogens (tertiary/aromatic N) is 1. The number of nitroso groups, excluding NO2 is 1. The number of primary amides is 1. The fourth-order valence-corrected chi connectivity index (χ4v) is 1.31. The predicted octanol–water partition coefficient (Wildman–Crippen LogP) is 2.85. The van der Waals surface area contributed by atoms with Gasteiger partial charge in [-0.25, -0.2) is 4.79 Å². The summed E-state index contributed by atoms with van der Waals surface area (Å²) in [6.07, 6.45) is -0.717. The first-order chi connectivity index (χ1) is 10.2. The smallest absolute Gasteiger partial charge is 0.405 e. The van der Waals surface area contributed by atoms with Gasteiger partial charge in [-0.05, 0) is 38.1 Å². The molecule has 0 aliphatic rings. The number of benzene rings is 1. The normalized spacial score (nSPS) is 9.95. The second-order valence-corrected chi connectivity index (χ2v) is 5.21. The van der Waals surface area contributed by atoms with Crippen molar-refractivity contribution in [1.82, 2.24) is 0 Å². The highest BCUT2D eigenvalue weighted by Gasteiger charge is 2.12. The first-order valence-corrected chi connectivity index (χ1v) is 6.52. The lowest BCUT2D eigenvalue weighted by atomic mass is 10.2. The molecule has 0 aromatic heterocycles. The Morgan fingerprint density at radius 3 is 2.32 bits per heavy atom. The van der Waals surface area contributed by atoms with Gasteiger partial charge in [-0.15, -0.1) is 4.91 Å². The maximum absolute atomic E-state index is 10.3. The van der Waals surface area contributed by atoms with Crippen LogP contribution in [0.25, 0.3) is 0 Å². The van der Waals surface area contributed by atoms with E-state index in [-0.39, 0.29) is 18.7 Å². The molecule has 0 aliphatic carbocycles. The summed E-state index contributed by atoms with van der Waals surface area (Å²) in [5, 5.41) is 14.0. The fourth-order valence-electron chi connectivity index (χ4n) is 1.31. The number of hydrogen-bond donors (Lipinski definition) is 3. The molecule has 122 valence electrons. The molecule has 8 nitrogen and oxygen atoms in total. The number of carboxylic acid groups (broad SMARTS) is 1. The molecule has 0 aliphatic heterocycles. The highest BCUT2D eigenvalue weighted by Crippen LogP contribution is 2.23. The molecule has 0 saturated heterocycles. The van der Waals surface area contributed by atoms with E-state index >= 15 is 0 Å². The van der Waals surface area contributed by atoms with Crippen molar-refractivity contribution in [3.63, 3.8) is 0 Å². The van der Waals surface area contributed by atoms with Gasteiger partial charge in [-0.1, -0.05) is 12.1 Å². The fraction of sp³-hybridized carbons (Fsp3) is 0.429. The lowest BCUT2D eigenvalue weighted by Crippen LogP contribution is -2.27. The van der Waals surface area contributed by atoms with Crippen molar-refractivity contribution in [3.05, 3.63) is 29.2 Å². The quantitative estimate of drug-likeness (QED) is 0.716. The van der Waals surface area contributed by atoms with E-state index in [9.17, 15) is 14.5 Å². The number of anilines is 1. The van der Waals surface area contributed by atoms with E-state index in [2.05, 4.69) is 15.2 Å². The molecule has 0 spiro atoms. The van der Waals surface area contributed by atoms with Crippen LogP contribution in [0.15, 0.2) is 29.4 Å². The number of ether oxygens (including phenoxy) is 1. The van der Waals surface area contributed by atoms with Gasteiger partial charge in [0, 0.05) is 6.54 Å². The zero-order valence-corrected chi connectivity index (χ0v) is 12.8. The largest absolute Gasteiger partial charge is 0.481 e. The van der Waals surface area contributed by atoms with Crippen LogP contribution in [0.2, 0.25) is 0 Å². The molecule has 0 bridgehead atoms. The average molecular weight is 311 g/mol. The summed E-state index contributed by atoms with van der Waals surface area (Å²) in [6, 6.07) is 6.69. The van der Waals surface area contributed by atoms with Gasteiger partial charge in [-0.3, -0.25) is 4.79 Å². The van der Waals surface area contributed by atoms with E-state index < -0.39 is 17.7 Å². The highest BCUT2D eigenvalue weighted by molar-refractivity contribution is 5.69. The van der Waals surface area contributed by atoms with Gasteiger partial charge in [-0.2, -0.15) is 0 Å². The van der Waals surface area contributed by atoms with Gasteiger partial charge >= 0.3 is 12.1 Å². The number of rotatable bonds is 5. The van der Waals surface area contributed by atoms with E-state index in [0.717, 1.165) is 0 Å². The van der Waals surface area contributed by atoms with Crippen LogP contribution in [0.4, 0.5) is 16.2 Å². The number of aliphatic carboxylic acids is 1. The Morgan fingerprint density at radius 1 is 1.32 bits per heavy atom. The molecule has 22 heavy (non-hydrogen) atoms. The van der Waals surface area contributed by atoms with Gasteiger partial charge < -0.3 is 20.9 Å². The molecule has 0 fully saturated rings. The summed E-state index contributed by atoms with van der Waals surface area (Å²) in [5.41, 5.74) is 5.11. The monoisotopic (exact) mass is 311 g/mol. The standard InChI is InChI=1S/C9H10N2O3.C5H11NO2/c12-9(13)5-6-10-7-3-1-2-4-8(7)11-14;1-5(2,3)8-4(6)7/h1-4,10H,5-6H2,(H,12,13);1-3H3,(H2,6,7). The Kier molecular flexibility index (Phi) is 8.21. The van der Waals surface area contributed by atoms with E-state index in [1.165, 1.54) is 0 Å². The van der Waals surface area contributed by atoms with Crippen molar-refractivity contribution in [2.75, 3.05) is 11.9 Å². The topological polar surface area (TPSA) is 131 Å². The molecule has 1 aromatic rings. The van der Waals surface area contributed by atoms with Crippen LogP contribution < -0.4 is 11.1 Å². The van der Waals surface area contributed by atoms with Crippen molar-refractivity contribution in [2.45, 2.75) is 32.8 Å². The molecule has 4 N–H and O–H groups in total. The summed E-state index contributed by atoms with van der Waals surface area (Å²) in [4.78, 5) is 30.6. The van der Waals surface area contributed by atoms with Crippen molar-refractivity contribution in [3.8, 4) is 0 Å². The minimum Gasteiger partial charge on any atom is -0.481 e. The highest BCUT2D eigenvalue weighted by atomic mass is 16.6. The van der Waals surface area contributed by atoms with Gasteiger partial charge in [0.25, 0.3) is 0 Å². The molecule has 0 heterocycles. The van der Waals surface area contributed by atoms with Crippen LogP contribution in [0.5, 0.6) is 0 Å². The number of hydrogen-bond acceptors (Lipinski definition) is 6. The Bertz CT molecular complexity index is 511. The summed E-state index contributed by atoms with van der Waals surface area (Å²) in [5.74, 6) is -0.881. The third kappa shape index (κ3) is 10.2. The lowest BCUT2D eigenvalue weighted by Gasteiger charge is -2.16. The van der Waals surface area contributed by atoms with Crippen LogP contribution in [-0.2, 0) is 9.53 Å². The third-order valence-corrected chi connectivity index (χ3v) is 2.06. The SMILES string of the molecule is CC(C)(C)OC(N)=O.O=Nc1ccccc1NCCC(=O)O. The van der Waals surface area contributed by atoms with Gasteiger partial charge in [0.05, 0.1) is 12.1 Å². The number of para-hydroxylation sites is 1. The number of carbonyl (C=O) groups is 2. The first-order valence-electron chi connectivity index (χ1n) is 6.52. The summed E-state index contributed by atoms with van der Waals surface area (Å²) in [6.45, 7) is 5.56. The van der Waals surface area contributed by atoms with E-state index in [4.69, 9.17) is 10.8 Å². The van der Waals surface area contributed by atoms with Crippen LogP contribution in [-0.4, -0.2) is 29.3 Å². The van der Waals surface area contributed by atoms with Gasteiger partial charge in [0.15, 0.2) is 0 Å². The molecule has 0 saturated carbocycles. The molecule has 0 radical (unpaired) electrons. The van der Waals surface area contributed by atoms with Crippen molar-refractivity contribution in [2.24, 2.45) is 10.9 Å². The molecular formula is C14H21N3O5. The molecular weight excluding hydrogens is 290 g/mol. The van der Waals surface area contributed by atoms with Gasteiger partial charge in [0.1, 0.15) is 11.3 Å². The summed E-state index contributed by atoms with van der Waals surface area (Å²) >= 11 is 0. The molecule has 0 unspecified atom stereocenters. The minimum absolute atomic E-state index is 0.00713. The number of amides is 1. The third-order valence-electron chi connectivity index (χ3n) is 2.06. The molecule has 1 aromatic carbocycles. The number of carbonyl (C=O) groups excluding carboxylic acids is 1. The zero-order chi connectivity index (χ0) is 17.2. The van der Waals surface area contributed by atoms with E-state index in [1.54, 1.807) is 45.0 Å². The Hall–Kier alpha value is -2.64. The second kappa shape index (κ2) is 9.32. The zero-order valence-electron chi connectivity index (χ0n) is 12.8. The first kappa shape index (κ1) is 19.4. The van der Waals surface area contributed by atoms with E-state index in [0.29, 0.717) is 5.69 Å². The number of nitrogens with one attached hydrogen (secondary N) is 1. The Morgan fingerprint density at radius 2 is 1.91 bits per heavy atom. The molecule has 0 atom stereocenters. The maximum atomic E-state index is 10.3. The average Bonchev–Trinajstić information content (AvgIpc) is 2.36. The second-order valence-electron chi connectivity index (χ2n) is 5.21. The van der Waals surface area contributed by atoms with Crippen LogP contribution >= 0.6 is 0 Å². The summed E-state index contributed by atoms with van der Waals surface area (Å²) < 4.78 is 4.58. The summed E-state index contributed by atoms with van der Waals surface area (Å²) in [7, 11) is 0. The Labute approximate surface area is 128 Å². The number of nitrogens with two attached hydrogens (primary N) is 1. The van der Waals surface area contributed by atoms with Crippen molar-refractivity contribution in [1.29, 1.82) is 0 Å². The lowest BCUT2D eigenvalue weighted by molar-refractivity contribution is -0.136. The van der Waals surface area contributed by atoms with E-state index in [1.807, 2.05) is 0 Å². The minimum atomic E-state index is -0.881. The Balaban J connectivity index is 0.000000472. The van der Waals surface area contributed by atoms with Crippen LogP contribution in [0, 0.1) is 4.91 Å². The number of carboxylic acids is 1. The van der Waals surface area contributed by atoms with Crippen LogP contribution in [0.3, 0.4) is 0 Å². The maximum Gasteiger partial charge on any atom is 0.405 e. The van der Waals surface area contributed by atoms with Crippen molar-refractivity contribution < 1.29 is 19.4 Å². The van der Waals surface area contributed by atoms with Crippen molar-refractivity contribution >= 4 is 23.4 Å². The predicted molar refractivity (Wildman–Crippen MR) is 83.1 cm³/mol. The van der Waals surface area contributed by atoms with Crippen LogP contribution in [0.1, 0.15) is 27.2 Å². The molecule has 8 heteroatoms.